The van der Waals surface area contributed by atoms with Gasteiger partial charge in [-0.2, -0.15) is 0 Å². The molecule has 1 heterocycles. The highest BCUT2D eigenvalue weighted by Crippen LogP contribution is 2.21. The van der Waals surface area contributed by atoms with Crippen LogP contribution < -0.4 is 0 Å². The van der Waals surface area contributed by atoms with E-state index in [4.69, 9.17) is 4.74 Å². The molecule has 1 aliphatic rings. The zero-order chi connectivity index (χ0) is 14.8. The van der Waals surface area contributed by atoms with E-state index in [1.807, 2.05) is 0 Å². The van der Waals surface area contributed by atoms with Crippen molar-refractivity contribution in [2.24, 2.45) is 0 Å². The van der Waals surface area contributed by atoms with Gasteiger partial charge in [0.15, 0.2) is 0 Å². The Kier molecular flexibility index (Phi) is 8.34. The lowest BCUT2D eigenvalue weighted by atomic mass is 9.93. The molecule has 0 saturated carbocycles. The first-order valence-corrected chi connectivity index (χ1v) is 8.00. The molecule has 4 nitrogen and oxygen atoms in total. The molecule has 0 radical (unpaired) electrons. The molecular formula is C16H31NO3. The van der Waals surface area contributed by atoms with Crippen LogP contribution in [-0.2, 0) is 9.53 Å². The number of ketones is 1. The summed E-state index contributed by atoms with van der Waals surface area (Å²) in [4.78, 5) is 13.0. The molecule has 0 unspecified atom stereocenters. The maximum Gasteiger partial charge on any atom is 0.129 e. The quantitative estimate of drug-likeness (QED) is 0.626. The number of nitrogens with zero attached hydrogens (tertiary/aromatic N) is 1. The Bertz CT molecular complexity index is 273. The number of hydrogen-bond acceptors (Lipinski definition) is 4. The average Bonchev–Trinajstić information content (AvgIpc) is 2.40. The van der Waals surface area contributed by atoms with Crippen molar-refractivity contribution in [2.75, 3.05) is 33.4 Å². The summed E-state index contributed by atoms with van der Waals surface area (Å²) in [5, 5.41) is 10.3. The van der Waals surface area contributed by atoms with Gasteiger partial charge in [0.1, 0.15) is 5.78 Å². The normalized spacial score (nSPS) is 19.1. The van der Waals surface area contributed by atoms with Gasteiger partial charge in [-0.1, -0.05) is 19.3 Å². The molecule has 118 valence electrons. The van der Waals surface area contributed by atoms with Gasteiger partial charge in [-0.05, 0) is 39.7 Å². The van der Waals surface area contributed by atoms with E-state index in [2.05, 4.69) is 11.9 Å². The smallest absolute Gasteiger partial charge is 0.129 e. The topological polar surface area (TPSA) is 49.8 Å². The monoisotopic (exact) mass is 285 g/mol. The summed E-state index contributed by atoms with van der Waals surface area (Å²) < 4.78 is 5.63. The minimum Gasteiger partial charge on any atom is -0.387 e. The van der Waals surface area contributed by atoms with Crippen molar-refractivity contribution in [1.29, 1.82) is 0 Å². The van der Waals surface area contributed by atoms with Crippen LogP contribution in [0.1, 0.15) is 58.3 Å². The zero-order valence-electron chi connectivity index (χ0n) is 13.2. The van der Waals surface area contributed by atoms with E-state index >= 15 is 0 Å². The number of likely N-dealkylation sites (tertiary alicyclic amines) is 1. The number of aliphatic hydroxyl groups is 1. The Hall–Kier alpha value is -0.450. The fraction of sp³-hybridized carbons (Fsp3) is 0.938. The van der Waals surface area contributed by atoms with Gasteiger partial charge in [-0.25, -0.2) is 0 Å². The lowest BCUT2D eigenvalue weighted by molar-refractivity contribution is -0.117. The summed E-state index contributed by atoms with van der Waals surface area (Å²) in [6, 6.07) is 0. The predicted molar refractivity (Wildman–Crippen MR) is 80.9 cm³/mol. The van der Waals surface area contributed by atoms with E-state index in [-0.39, 0.29) is 0 Å². The van der Waals surface area contributed by atoms with Gasteiger partial charge < -0.3 is 19.5 Å². The number of hydrogen-bond donors (Lipinski definition) is 1. The van der Waals surface area contributed by atoms with Crippen LogP contribution in [0, 0.1) is 0 Å². The van der Waals surface area contributed by atoms with Crippen molar-refractivity contribution in [3.05, 3.63) is 0 Å². The van der Waals surface area contributed by atoms with Gasteiger partial charge >= 0.3 is 0 Å². The molecule has 4 heteroatoms. The van der Waals surface area contributed by atoms with E-state index in [9.17, 15) is 9.90 Å². The van der Waals surface area contributed by atoms with Crippen LogP contribution >= 0.6 is 0 Å². The Labute approximate surface area is 123 Å². The van der Waals surface area contributed by atoms with Gasteiger partial charge in [0.05, 0.1) is 12.2 Å². The summed E-state index contributed by atoms with van der Waals surface area (Å²) in [5.41, 5.74) is -0.603. The summed E-state index contributed by atoms with van der Waals surface area (Å²) >= 11 is 0. The first-order chi connectivity index (χ1) is 9.52. The molecular weight excluding hydrogens is 254 g/mol. The molecule has 20 heavy (non-hydrogen) atoms. The average molecular weight is 285 g/mol. The van der Waals surface area contributed by atoms with Crippen molar-refractivity contribution in [2.45, 2.75) is 63.9 Å². The second-order valence-electron chi connectivity index (χ2n) is 6.30. The Morgan fingerprint density at radius 1 is 1.15 bits per heavy atom. The lowest BCUT2D eigenvalue weighted by Crippen LogP contribution is -2.45. The van der Waals surface area contributed by atoms with E-state index in [1.54, 1.807) is 6.92 Å². The molecule has 0 spiro atoms. The van der Waals surface area contributed by atoms with Crippen molar-refractivity contribution >= 4 is 5.78 Å². The first kappa shape index (κ1) is 17.6. The number of ether oxygens (including phenoxy) is 1. The Morgan fingerprint density at radius 3 is 2.40 bits per heavy atom. The predicted octanol–water partition coefficient (Wildman–Crippen LogP) is 2.39. The van der Waals surface area contributed by atoms with Crippen LogP contribution in [0.15, 0.2) is 0 Å². The number of carbonyl (C=O) groups excluding carboxylic acids is 1. The van der Waals surface area contributed by atoms with E-state index in [0.717, 1.165) is 64.6 Å². The number of Topliss-reactive ketones (excluding diaryl/α,β-unsaturated/α-hetero) is 1. The van der Waals surface area contributed by atoms with Crippen LogP contribution in [0.5, 0.6) is 0 Å². The molecule has 1 N–H and O–H groups in total. The Balaban J connectivity index is 1.90. The molecule has 1 fully saturated rings. The van der Waals surface area contributed by atoms with Crippen LogP contribution in [0.2, 0.25) is 0 Å². The molecule has 0 aromatic rings. The second kappa shape index (κ2) is 9.48. The van der Waals surface area contributed by atoms with Gasteiger partial charge in [0.25, 0.3) is 0 Å². The molecule has 0 amide bonds. The number of unbranched alkanes of at least 4 members (excludes halogenated alkanes) is 4. The van der Waals surface area contributed by atoms with Crippen LogP contribution in [-0.4, -0.2) is 54.7 Å². The third-order valence-corrected chi connectivity index (χ3v) is 4.11. The molecule has 1 rings (SSSR count). The minimum atomic E-state index is -0.603. The third kappa shape index (κ3) is 7.98. The minimum absolute atomic E-state index is 0.291. The van der Waals surface area contributed by atoms with Crippen molar-refractivity contribution in [3.63, 3.8) is 0 Å². The molecule has 1 aliphatic heterocycles. The largest absolute Gasteiger partial charge is 0.387 e. The van der Waals surface area contributed by atoms with E-state index < -0.39 is 5.60 Å². The van der Waals surface area contributed by atoms with E-state index in [1.165, 1.54) is 6.42 Å². The molecule has 0 bridgehead atoms. The number of carbonyl (C=O) groups is 1. The van der Waals surface area contributed by atoms with Gasteiger partial charge in [0, 0.05) is 26.1 Å². The zero-order valence-corrected chi connectivity index (χ0v) is 13.2. The molecule has 0 aliphatic carbocycles. The molecule has 0 aromatic heterocycles. The van der Waals surface area contributed by atoms with Crippen molar-refractivity contribution in [1.82, 2.24) is 4.90 Å². The van der Waals surface area contributed by atoms with Crippen molar-refractivity contribution < 1.29 is 14.6 Å². The molecule has 0 atom stereocenters. The summed E-state index contributed by atoms with van der Waals surface area (Å²) in [7, 11) is 2.09. The van der Waals surface area contributed by atoms with Gasteiger partial charge in [-0.3, -0.25) is 0 Å². The highest BCUT2D eigenvalue weighted by atomic mass is 16.5. The standard InChI is InChI=1S/C16H31NO3/c1-15(18)8-6-4-3-5-7-13-20-14-16(19)9-11-17(2)12-10-16/h19H,3-14H2,1-2H3. The fourth-order valence-corrected chi connectivity index (χ4v) is 2.55. The van der Waals surface area contributed by atoms with Crippen LogP contribution in [0.3, 0.4) is 0 Å². The summed E-state index contributed by atoms with van der Waals surface area (Å²) in [6.45, 7) is 4.78. The number of piperidine rings is 1. The highest BCUT2D eigenvalue weighted by Gasteiger charge is 2.31. The summed E-state index contributed by atoms with van der Waals surface area (Å²) in [5.74, 6) is 0.291. The number of rotatable bonds is 10. The SMILES string of the molecule is CC(=O)CCCCCCCOCC1(O)CCN(C)CC1. The molecule has 1 saturated heterocycles. The fourth-order valence-electron chi connectivity index (χ4n) is 2.55. The van der Waals surface area contributed by atoms with Crippen LogP contribution in [0.25, 0.3) is 0 Å². The maximum absolute atomic E-state index is 10.8. The van der Waals surface area contributed by atoms with Gasteiger partial charge in [-0.15, -0.1) is 0 Å². The third-order valence-electron chi connectivity index (χ3n) is 4.11. The van der Waals surface area contributed by atoms with Crippen LogP contribution in [0.4, 0.5) is 0 Å². The van der Waals surface area contributed by atoms with Crippen molar-refractivity contribution in [3.8, 4) is 0 Å². The highest BCUT2D eigenvalue weighted by molar-refractivity contribution is 5.75. The lowest BCUT2D eigenvalue weighted by Gasteiger charge is -2.36. The molecule has 0 aromatic carbocycles. The van der Waals surface area contributed by atoms with E-state index in [0.29, 0.717) is 12.4 Å². The summed E-state index contributed by atoms with van der Waals surface area (Å²) in [6.07, 6.45) is 7.88. The Morgan fingerprint density at radius 2 is 1.75 bits per heavy atom. The second-order valence-corrected chi connectivity index (χ2v) is 6.30. The first-order valence-electron chi connectivity index (χ1n) is 8.00. The maximum atomic E-state index is 10.8. The van der Waals surface area contributed by atoms with Gasteiger partial charge in [0.2, 0.25) is 0 Å².